The van der Waals surface area contributed by atoms with Crippen LogP contribution in [0.4, 0.5) is 0 Å². The number of carbonyl (C=O) groups excluding carboxylic acids is 1. The summed E-state index contributed by atoms with van der Waals surface area (Å²) in [5.74, 6) is 1.59. The van der Waals surface area contributed by atoms with E-state index in [1.807, 2.05) is 24.3 Å². The van der Waals surface area contributed by atoms with Crippen molar-refractivity contribution in [2.75, 3.05) is 6.61 Å². The highest BCUT2D eigenvalue weighted by atomic mass is 16.5. The fourth-order valence-electron chi connectivity index (χ4n) is 2.58. The molecule has 0 spiro atoms. The van der Waals surface area contributed by atoms with Crippen LogP contribution in [0.1, 0.15) is 62.6 Å². The summed E-state index contributed by atoms with van der Waals surface area (Å²) in [4.78, 5) is 11.3. The van der Waals surface area contributed by atoms with E-state index in [1.54, 1.807) is 4.68 Å². The van der Waals surface area contributed by atoms with Crippen LogP contribution in [0, 0.1) is 5.92 Å². The van der Waals surface area contributed by atoms with Gasteiger partial charge < -0.3 is 4.74 Å². The quantitative estimate of drug-likeness (QED) is 0.690. The molecule has 0 aliphatic rings. The molecule has 0 aliphatic heterocycles. The zero-order valence-corrected chi connectivity index (χ0v) is 14.3. The Hall–Kier alpha value is -2.17. The zero-order valence-electron chi connectivity index (χ0n) is 14.3. The lowest BCUT2D eigenvalue weighted by Gasteiger charge is -2.15. The molecule has 0 atom stereocenters. The Labute approximate surface area is 137 Å². The van der Waals surface area contributed by atoms with Crippen LogP contribution in [0.3, 0.4) is 0 Å². The van der Waals surface area contributed by atoms with Gasteiger partial charge >= 0.3 is 0 Å². The van der Waals surface area contributed by atoms with Gasteiger partial charge in [-0.1, -0.05) is 32.9 Å². The number of ether oxygens (including phenoxy) is 1. The summed E-state index contributed by atoms with van der Waals surface area (Å²) < 4.78 is 7.47. The minimum atomic E-state index is 0.266. The number of nitrogens with zero attached hydrogens (tertiary/aromatic N) is 3. The van der Waals surface area contributed by atoms with E-state index in [1.165, 1.54) is 0 Å². The van der Waals surface area contributed by atoms with E-state index >= 15 is 0 Å². The van der Waals surface area contributed by atoms with Crippen LogP contribution >= 0.6 is 0 Å². The lowest BCUT2D eigenvalue weighted by atomic mass is 9.97. The van der Waals surface area contributed by atoms with E-state index in [-0.39, 0.29) is 5.92 Å². The molecule has 0 saturated heterocycles. The highest BCUT2D eigenvalue weighted by Crippen LogP contribution is 2.27. The van der Waals surface area contributed by atoms with Gasteiger partial charge in [-0.15, -0.1) is 5.10 Å². The first-order chi connectivity index (χ1) is 11.1. The van der Waals surface area contributed by atoms with Gasteiger partial charge in [0.1, 0.15) is 11.4 Å². The first-order valence-electron chi connectivity index (χ1n) is 8.24. The standard InChI is InChI=1S/C18H25N3O2/c1-5-14(6-2)18-17(11-22)19-20-21(18)15-7-9-16(10-8-15)23-12-13(3)4/h7-11,13-14H,5-6,12H2,1-4H3. The second-order valence-electron chi connectivity index (χ2n) is 6.10. The second kappa shape index (κ2) is 7.90. The summed E-state index contributed by atoms with van der Waals surface area (Å²) in [6.07, 6.45) is 2.68. The van der Waals surface area contributed by atoms with Crippen molar-refractivity contribution in [1.82, 2.24) is 15.0 Å². The van der Waals surface area contributed by atoms with Gasteiger partial charge in [0, 0.05) is 5.92 Å². The first kappa shape index (κ1) is 17.2. The predicted octanol–water partition coefficient (Wildman–Crippen LogP) is 4.02. The fourth-order valence-corrected chi connectivity index (χ4v) is 2.58. The van der Waals surface area contributed by atoms with Crippen molar-refractivity contribution in [2.45, 2.75) is 46.5 Å². The van der Waals surface area contributed by atoms with E-state index in [4.69, 9.17) is 4.74 Å². The molecule has 5 heteroatoms. The Balaban J connectivity index is 2.31. The Morgan fingerprint density at radius 1 is 1.17 bits per heavy atom. The van der Waals surface area contributed by atoms with Crippen LogP contribution in [0.15, 0.2) is 24.3 Å². The smallest absolute Gasteiger partial charge is 0.172 e. The SMILES string of the molecule is CCC(CC)c1c(C=O)nnn1-c1ccc(OCC(C)C)cc1. The normalized spacial score (nSPS) is 11.2. The van der Waals surface area contributed by atoms with E-state index in [9.17, 15) is 4.79 Å². The molecule has 2 rings (SSSR count). The molecule has 5 nitrogen and oxygen atoms in total. The highest BCUT2D eigenvalue weighted by Gasteiger charge is 2.20. The predicted molar refractivity (Wildman–Crippen MR) is 90.4 cm³/mol. The van der Waals surface area contributed by atoms with Gasteiger partial charge in [-0.05, 0) is 43.0 Å². The molecule has 0 unspecified atom stereocenters. The van der Waals surface area contributed by atoms with Gasteiger partial charge in [-0.2, -0.15) is 0 Å². The lowest BCUT2D eigenvalue weighted by Crippen LogP contribution is -2.09. The van der Waals surface area contributed by atoms with E-state index < -0.39 is 0 Å². The molecule has 0 radical (unpaired) electrons. The molecule has 0 aliphatic carbocycles. The maximum absolute atomic E-state index is 11.3. The summed E-state index contributed by atoms with van der Waals surface area (Å²) in [6.45, 7) is 9.15. The van der Waals surface area contributed by atoms with Crippen LogP contribution in [0.5, 0.6) is 5.75 Å². The highest BCUT2D eigenvalue weighted by molar-refractivity contribution is 5.74. The van der Waals surface area contributed by atoms with E-state index in [0.29, 0.717) is 18.2 Å². The van der Waals surface area contributed by atoms with Crippen LogP contribution in [-0.4, -0.2) is 27.9 Å². The van der Waals surface area contributed by atoms with Gasteiger partial charge in [0.05, 0.1) is 18.0 Å². The van der Waals surface area contributed by atoms with Crippen molar-refractivity contribution in [3.05, 3.63) is 35.7 Å². The van der Waals surface area contributed by atoms with Crippen molar-refractivity contribution < 1.29 is 9.53 Å². The maximum Gasteiger partial charge on any atom is 0.172 e. The van der Waals surface area contributed by atoms with Crippen molar-refractivity contribution in [3.8, 4) is 11.4 Å². The number of aromatic nitrogens is 3. The van der Waals surface area contributed by atoms with E-state index in [0.717, 1.165) is 36.3 Å². The van der Waals surface area contributed by atoms with Crippen molar-refractivity contribution >= 4 is 6.29 Å². The molecule has 0 fully saturated rings. The molecule has 124 valence electrons. The number of rotatable bonds is 8. The number of carbonyl (C=O) groups is 1. The molecule has 0 bridgehead atoms. The number of hydrogen-bond acceptors (Lipinski definition) is 4. The molecule has 1 aromatic carbocycles. The number of benzene rings is 1. The summed E-state index contributed by atoms with van der Waals surface area (Å²) in [7, 11) is 0. The zero-order chi connectivity index (χ0) is 16.8. The summed E-state index contributed by atoms with van der Waals surface area (Å²) in [5, 5.41) is 8.20. The average molecular weight is 315 g/mol. The van der Waals surface area contributed by atoms with Crippen molar-refractivity contribution in [1.29, 1.82) is 0 Å². The Kier molecular flexibility index (Phi) is 5.90. The van der Waals surface area contributed by atoms with E-state index in [2.05, 4.69) is 38.0 Å². The van der Waals surface area contributed by atoms with Crippen LogP contribution in [0.25, 0.3) is 5.69 Å². The molecular weight excluding hydrogens is 290 g/mol. The third kappa shape index (κ3) is 3.97. The summed E-state index contributed by atoms with van der Waals surface area (Å²) in [6, 6.07) is 7.75. The molecule has 23 heavy (non-hydrogen) atoms. The topological polar surface area (TPSA) is 57.0 Å². The molecule has 1 aromatic heterocycles. The van der Waals surface area contributed by atoms with Crippen LogP contribution < -0.4 is 4.74 Å². The minimum absolute atomic E-state index is 0.266. The van der Waals surface area contributed by atoms with Crippen molar-refractivity contribution in [3.63, 3.8) is 0 Å². The number of aldehydes is 1. The second-order valence-corrected chi connectivity index (χ2v) is 6.10. The Morgan fingerprint density at radius 2 is 1.83 bits per heavy atom. The monoisotopic (exact) mass is 315 g/mol. The molecule has 1 heterocycles. The maximum atomic E-state index is 11.3. The minimum Gasteiger partial charge on any atom is -0.493 e. The summed E-state index contributed by atoms with van der Waals surface area (Å²) in [5.41, 5.74) is 2.21. The Morgan fingerprint density at radius 3 is 2.35 bits per heavy atom. The summed E-state index contributed by atoms with van der Waals surface area (Å²) >= 11 is 0. The third-order valence-corrected chi connectivity index (χ3v) is 3.88. The Bertz CT molecular complexity index is 628. The molecule has 0 saturated carbocycles. The van der Waals surface area contributed by atoms with Crippen LogP contribution in [-0.2, 0) is 0 Å². The third-order valence-electron chi connectivity index (χ3n) is 3.88. The average Bonchev–Trinajstić information content (AvgIpc) is 2.98. The van der Waals surface area contributed by atoms with Gasteiger partial charge in [-0.25, -0.2) is 4.68 Å². The van der Waals surface area contributed by atoms with Gasteiger partial charge in [0.15, 0.2) is 6.29 Å². The van der Waals surface area contributed by atoms with Crippen molar-refractivity contribution in [2.24, 2.45) is 5.92 Å². The largest absolute Gasteiger partial charge is 0.493 e. The van der Waals surface area contributed by atoms with Gasteiger partial charge in [0.2, 0.25) is 0 Å². The molecule has 0 amide bonds. The molecular formula is C18H25N3O2. The van der Waals surface area contributed by atoms with Gasteiger partial charge in [0.25, 0.3) is 0 Å². The van der Waals surface area contributed by atoms with Gasteiger partial charge in [-0.3, -0.25) is 4.79 Å². The molecule has 2 aromatic rings. The molecule has 0 N–H and O–H groups in total. The first-order valence-corrected chi connectivity index (χ1v) is 8.24. The fraction of sp³-hybridized carbons (Fsp3) is 0.500. The van der Waals surface area contributed by atoms with Crippen LogP contribution in [0.2, 0.25) is 0 Å². The lowest BCUT2D eigenvalue weighted by molar-refractivity contribution is 0.111. The number of hydrogen-bond donors (Lipinski definition) is 0.